The standard InChI is InChI=1S/C14H18F2N2O/c1-4-7-18(3)14(19)17-9-10(2)11-5-6-12(15)13(16)8-11/h4-6,8,10H,1,7,9H2,2-3H3,(H,17,19)/t10-/m0/s1. The van der Waals surface area contributed by atoms with Gasteiger partial charge in [-0.2, -0.15) is 0 Å². The Morgan fingerprint density at radius 1 is 1.47 bits per heavy atom. The van der Waals surface area contributed by atoms with Crippen molar-refractivity contribution in [2.24, 2.45) is 0 Å². The summed E-state index contributed by atoms with van der Waals surface area (Å²) in [5.41, 5.74) is 0.644. The average molecular weight is 268 g/mol. The van der Waals surface area contributed by atoms with Crippen molar-refractivity contribution in [3.05, 3.63) is 48.1 Å². The monoisotopic (exact) mass is 268 g/mol. The number of benzene rings is 1. The molecule has 0 aliphatic rings. The van der Waals surface area contributed by atoms with Gasteiger partial charge in [0, 0.05) is 20.1 Å². The third-order valence-electron chi connectivity index (χ3n) is 2.82. The second-order valence-electron chi connectivity index (χ2n) is 4.43. The summed E-state index contributed by atoms with van der Waals surface area (Å²) in [5, 5.41) is 2.72. The van der Waals surface area contributed by atoms with Crippen LogP contribution in [0.25, 0.3) is 0 Å². The van der Waals surface area contributed by atoms with E-state index in [4.69, 9.17) is 0 Å². The molecule has 0 saturated heterocycles. The normalized spacial score (nSPS) is 11.8. The number of hydrogen-bond donors (Lipinski definition) is 1. The molecule has 2 amide bonds. The molecule has 1 atom stereocenters. The van der Waals surface area contributed by atoms with E-state index >= 15 is 0 Å². The van der Waals surface area contributed by atoms with Gasteiger partial charge in [-0.3, -0.25) is 0 Å². The Morgan fingerprint density at radius 3 is 2.74 bits per heavy atom. The summed E-state index contributed by atoms with van der Waals surface area (Å²) in [5.74, 6) is -1.85. The molecule has 0 heterocycles. The van der Waals surface area contributed by atoms with E-state index in [9.17, 15) is 13.6 Å². The minimum absolute atomic E-state index is 0.101. The van der Waals surface area contributed by atoms with Crippen molar-refractivity contribution in [3.8, 4) is 0 Å². The fourth-order valence-corrected chi connectivity index (χ4v) is 1.59. The second-order valence-corrected chi connectivity index (χ2v) is 4.43. The summed E-state index contributed by atoms with van der Waals surface area (Å²) < 4.78 is 25.9. The topological polar surface area (TPSA) is 32.3 Å². The molecular weight excluding hydrogens is 250 g/mol. The number of carbonyl (C=O) groups is 1. The summed E-state index contributed by atoms with van der Waals surface area (Å²) in [7, 11) is 1.65. The van der Waals surface area contributed by atoms with Crippen LogP contribution in [-0.2, 0) is 0 Å². The van der Waals surface area contributed by atoms with E-state index in [2.05, 4.69) is 11.9 Å². The van der Waals surface area contributed by atoms with Gasteiger partial charge in [-0.15, -0.1) is 6.58 Å². The molecule has 0 aliphatic carbocycles. The van der Waals surface area contributed by atoms with E-state index in [1.54, 1.807) is 13.1 Å². The number of amides is 2. The lowest BCUT2D eigenvalue weighted by Crippen LogP contribution is -2.38. The van der Waals surface area contributed by atoms with Crippen LogP contribution in [0, 0.1) is 11.6 Å². The van der Waals surface area contributed by atoms with Gasteiger partial charge in [-0.25, -0.2) is 13.6 Å². The third kappa shape index (κ3) is 4.35. The van der Waals surface area contributed by atoms with Crippen molar-refractivity contribution < 1.29 is 13.6 Å². The van der Waals surface area contributed by atoms with Crippen LogP contribution in [0.4, 0.5) is 13.6 Å². The van der Waals surface area contributed by atoms with E-state index in [1.807, 2.05) is 6.92 Å². The van der Waals surface area contributed by atoms with Crippen LogP contribution in [0.3, 0.4) is 0 Å². The van der Waals surface area contributed by atoms with Crippen molar-refractivity contribution in [3.63, 3.8) is 0 Å². The first-order valence-electron chi connectivity index (χ1n) is 6.00. The van der Waals surface area contributed by atoms with E-state index in [-0.39, 0.29) is 11.9 Å². The molecule has 1 N–H and O–H groups in total. The fourth-order valence-electron chi connectivity index (χ4n) is 1.59. The van der Waals surface area contributed by atoms with E-state index in [1.165, 1.54) is 11.0 Å². The van der Waals surface area contributed by atoms with Crippen molar-refractivity contribution in [1.29, 1.82) is 0 Å². The van der Waals surface area contributed by atoms with E-state index < -0.39 is 11.6 Å². The molecule has 1 rings (SSSR count). The zero-order chi connectivity index (χ0) is 14.4. The van der Waals surface area contributed by atoms with Gasteiger partial charge in [0.25, 0.3) is 0 Å². The largest absolute Gasteiger partial charge is 0.337 e. The summed E-state index contributed by atoms with van der Waals surface area (Å²) in [6.07, 6.45) is 1.62. The molecule has 0 bridgehead atoms. The molecule has 3 nitrogen and oxygen atoms in total. The van der Waals surface area contributed by atoms with Crippen molar-refractivity contribution in [2.45, 2.75) is 12.8 Å². The Hall–Kier alpha value is -1.91. The minimum atomic E-state index is -0.876. The highest BCUT2D eigenvalue weighted by atomic mass is 19.2. The molecular formula is C14H18F2N2O. The Bertz CT molecular complexity index is 463. The number of carbonyl (C=O) groups excluding carboxylic acids is 1. The highest BCUT2D eigenvalue weighted by molar-refractivity contribution is 5.74. The van der Waals surface area contributed by atoms with Gasteiger partial charge in [0.1, 0.15) is 0 Å². The number of halogens is 2. The number of hydrogen-bond acceptors (Lipinski definition) is 1. The lowest BCUT2D eigenvalue weighted by atomic mass is 10.0. The van der Waals surface area contributed by atoms with Gasteiger partial charge in [-0.05, 0) is 23.6 Å². The zero-order valence-electron chi connectivity index (χ0n) is 11.1. The Kier molecular flexibility index (Phi) is 5.48. The molecule has 1 aromatic carbocycles. The minimum Gasteiger partial charge on any atom is -0.337 e. The van der Waals surface area contributed by atoms with Crippen LogP contribution < -0.4 is 5.32 Å². The van der Waals surface area contributed by atoms with Crippen molar-refractivity contribution in [2.75, 3.05) is 20.1 Å². The molecule has 0 aromatic heterocycles. The van der Waals surface area contributed by atoms with Gasteiger partial charge in [0.15, 0.2) is 11.6 Å². The lowest BCUT2D eigenvalue weighted by Gasteiger charge is -2.18. The Balaban J connectivity index is 2.55. The molecule has 1 aromatic rings. The number of nitrogens with zero attached hydrogens (tertiary/aromatic N) is 1. The summed E-state index contributed by atoms with van der Waals surface area (Å²) in [6, 6.07) is 3.53. The number of urea groups is 1. The molecule has 0 spiro atoms. The first-order valence-corrected chi connectivity index (χ1v) is 6.00. The van der Waals surface area contributed by atoms with Crippen LogP contribution in [-0.4, -0.2) is 31.1 Å². The van der Waals surface area contributed by atoms with Crippen LogP contribution >= 0.6 is 0 Å². The molecule has 104 valence electrons. The third-order valence-corrected chi connectivity index (χ3v) is 2.82. The zero-order valence-corrected chi connectivity index (χ0v) is 11.1. The quantitative estimate of drug-likeness (QED) is 0.818. The Morgan fingerprint density at radius 2 is 2.16 bits per heavy atom. The Labute approximate surface area is 111 Å². The maximum atomic E-state index is 13.1. The first kappa shape index (κ1) is 15.1. The maximum absolute atomic E-state index is 13.1. The van der Waals surface area contributed by atoms with Gasteiger partial charge in [0.2, 0.25) is 0 Å². The molecule has 19 heavy (non-hydrogen) atoms. The predicted octanol–water partition coefficient (Wildman–Crippen LogP) is 2.90. The molecule has 5 heteroatoms. The maximum Gasteiger partial charge on any atom is 0.317 e. The number of likely N-dealkylation sites (N-methyl/N-ethyl adjacent to an activating group) is 1. The highest BCUT2D eigenvalue weighted by Gasteiger charge is 2.12. The average Bonchev–Trinajstić information content (AvgIpc) is 2.39. The lowest BCUT2D eigenvalue weighted by molar-refractivity contribution is 0.212. The smallest absolute Gasteiger partial charge is 0.317 e. The van der Waals surface area contributed by atoms with Crippen LogP contribution in [0.2, 0.25) is 0 Å². The summed E-state index contributed by atoms with van der Waals surface area (Å²) in [6.45, 7) is 6.18. The van der Waals surface area contributed by atoms with Gasteiger partial charge in [-0.1, -0.05) is 19.1 Å². The van der Waals surface area contributed by atoms with E-state index in [0.717, 1.165) is 12.1 Å². The molecule has 0 saturated carbocycles. The first-order chi connectivity index (χ1) is 8.95. The molecule has 0 radical (unpaired) electrons. The number of rotatable bonds is 5. The molecule has 0 aliphatic heterocycles. The van der Waals surface area contributed by atoms with Gasteiger partial charge < -0.3 is 10.2 Å². The molecule has 0 fully saturated rings. The van der Waals surface area contributed by atoms with Crippen LogP contribution in [0.1, 0.15) is 18.4 Å². The molecule has 0 unspecified atom stereocenters. The van der Waals surface area contributed by atoms with Crippen molar-refractivity contribution in [1.82, 2.24) is 10.2 Å². The van der Waals surface area contributed by atoms with Crippen LogP contribution in [0.5, 0.6) is 0 Å². The van der Waals surface area contributed by atoms with Crippen molar-refractivity contribution >= 4 is 6.03 Å². The van der Waals surface area contributed by atoms with Gasteiger partial charge >= 0.3 is 6.03 Å². The SMILES string of the molecule is C=CCN(C)C(=O)NC[C@H](C)c1ccc(F)c(F)c1. The van der Waals surface area contributed by atoms with Crippen LogP contribution in [0.15, 0.2) is 30.9 Å². The summed E-state index contributed by atoms with van der Waals surface area (Å²) in [4.78, 5) is 13.1. The second kappa shape index (κ2) is 6.87. The predicted molar refractivity (Wildman–Crippen MR) is 71.0 cm³/mol. The summed E-state index contributed by atoms with van der Waals surface area (Å²) >= 11 is 0. The van der Waals surface area contributed by atoms with Gasteiger partial charge in [0.05, 0.1) is 0 Å². The highest BCUT2D eigenvalue weighted by Crippen LogP contribution is 2.17. The number of nitrogens with one attached hydrogen (secondary N) is 1. The van der Waals surface area contributed by atoms with E-state index in [0.29, 0.717) is 18.7 Å². The fraction of sp³-hybridized carbons (Fsp3) is 0.357.